The van der Waals surface area contributed by atoms with Gasteiger partial charge in [0.15, 0.2) is 0 Å². The zero-order chi connectivity index (χ0) is 14.5. The number of likely N-dealkylation sites (tertiary alicyclic amines) is 1. The van der Waals surface area contributed by atoms with Gasteiger partial charge in [0, 0.05) is 13.0 Å². The van der Waals surface area contributed by atoms with Crippen molar-refractivity contribution in [3.63, 3.8) is 0 Å². The minimum absolute atomic E-state index is 0.0159. The molecule has 104 valence electrons. The van der Waals surface area contributed by atoms with Crippen LogP contribution in [0.4, 0.5) is 0 Å². The lowest BCUT2D eigenvalue weighted by Crippen LogP contribution is -2.34. The van der Waals surface area contributed by atoms with Crippen LogP contribution in [-0.2, 0) is 9.59 Å². The molecule has 1 aliphatic heterocycles. The van der Waals surface area contributed by atoms with E-state index in [1.807, 2.05) is 37.3 Å². The predicted molar refractivity (Wildman–Crippen MR) is 76.5 cm³/mol. The third kappa shape index (κ3) is 3.00. The first-order valence-electron chi connectivity index (χ1n) is 6.69. The molecule has 4 nitrogen and oxygen atoms in total. The fourth-order valence-corrected chi connectivity index (χ4v) is 2.48. The van der Waals surface area contributed by atoms with Gasteiger partial charge in [0.2, 0.25) is 11.8 Å². The molecule has 0 aliphatic carbocycles. The Hall–Kier alpha value is -2.28. The van der Waals surface area contributed by atoms with Crippen molar-refractivity contribution in [2.24, 2.45) is 5.92 Å². The summed E-state index contributed by atoms with van der Waals surface area (Å²) in [6.07, 6.45) is 5.37. The van der Waals surface area contributed by atoms with Crippen molar-refractivity contribution in [3.8, 4) is 12.3 Å². The van der Waals surface area contributed by atoms with Crippen LogP contribution in [0.2, 0.25) is 0 Å². The van der Waals surface area contributed by atoms with Crippen LogP contribution >= 0.6 is 0 Å². The first kappa shape index (κ1) is 14.1. The summed E-state index contributed by atoms with van der Waals surface area (Å²) in [6.45, 7) is 2.64. The molecule has 0 bridgehead atoms. The zero-order valence-electron chi connectivity index (χ0n) is 11.5. The molecule has 1 aromatic carbocycles. The van der Waals surface area contributed by atoms with Crippen LogP contribution in [0.1, 0.15) is 24.9 Å². The Morgan fingerprint density at radius 3 is 2.85 bits per heavy atom. The van der Waals surface area contributed by atoms with E-state index in [0.717, 1.165) is 5.56 Å². The molecule has 1 heterocycles. The molecular formula is C16H18N2O2. The normalized spacial score (nSPS) is 19.5. The van der Waals surface area contributed by atoms with Crippen molar-refractivity contribution in [2.75, 3.05) is 13.1 Å². The third-order valence-electron chi connectivity index (χ3n) is 3.64. The van der Waals surface area contributed by atoms with Gasteiger partial charge in [-0.3, -0.25) is 9.59 Å². The van der Waals surface area contributed by atoms with Crippen molar-refractivity contribution in [2.45, 2.75) is 19.4 Å². The van der Waals surface area contributed by atoms with Crippen molar-refractivity contribution in [1.29, 1.82) is 0 Å². The summed E-state index contributed by atoms with van der Waals surface area (Å²) in [4.78, 5) is 25.7. The van der Waals surface area contributed by atoms with Crippen molar-refractivity contribution in [3.05, 3.63) is 35.9 Å². The van der Waals surface area contributed by atoms with Gasteiger partial charge in [-0.25, -0.2) is 0 Å². The Morgan fingerprint density at radius 2 is 2.20 bits per heavy atom. The number of rotatable bonds is 4. The lowest BCUT2D eigenvalue weighted by atomic mass is 10.1. The highest BCUT2D eigenvalue weighted by Crippen LogP contribution is 2.28. The summed E-state index contributed by atoms with van der Waals surface area (Å²) in [7, 11) is 0. The fraction of sp³-hybridized carbons (Fsp3) is 0.375. The molecule has 1 aromatic rings. The molecule has 2 unspecified atom stereocenters. The number of carbonyl (C=O) groups excluding carboxylic acids is 2. The Kier molecular flexibility index (Phi) is 4.41. The number of hydrogen-bond acceptors (Lipinski definition) is 2. The highest BCUT2D eigenvalue weighted by atomic mass is 16.2. The summed E-state index contributed by atoms with van der Waals surface area (Å²) in [5.41, 5.74) is 1.07. The number of nitrogens with zero attached hydrogens (tertiary/aromatic N) is 1. The largest absolute Gasteiger partial charge is 0.345 e. The van der Waals surface area contributed by atoms with Crippen LogP contribution in [0.15, 0.2) is 30.3 Å². The summed E-state index contributed by atoms with van der Waals surface area (Å²) in [5, 5.41) is 2.64. The molecule has 0 saturated carbocycles. The topological polar surface area (TPSA) is 49.4 Å². The smallest absolute Gasteiger partial charge is 0.226 e. The maximum Gasteiger partial charge on any atom is 0.226 e. The number of benzene rings is 1. The van der Waals surface area contributed by atoms with Gasteiger partial charge in [-0.2, -0.15) is 0 Å². The maximum atomic E-state index is 12.1. The van der Waals surface area contributed by atoms with E-state index >= 15 is 0 Å². The summed E-state index contributed by atoms with van der Waals surface area (Å²) < 4.78 is 0. The monoisotopic (exact) mass is 270 g/mol. The zero-order valence-corrected chi connectivity index (χ0v) is 11.5. The van der Waals surface area contributed by atoms with E-state index in [2.05, 4.69) is 11.2 Å². The molecular weight excluding hydrogens is 252 g/mol. The van der Waals surface area contributed by atoms with E-state index in [1.54, 1.807) is 4.90 Å². The molecule has 2 atom stereocenters. The molecule has 20 heavy (non-hydrogen) atoms. The minimum Gasteiger partial charge on any atom is -0.345 e. The fourth-order valence-electron chi connectivity index (χ4n) is 2.48. The number of amides is 2. The van der Waals surface area contributed by atoms with E-state index in [9.17, 15) is 9.59 Å². The summed E-state index contributed by atoms with van der Waals surface area (Å²) >= 11 is 0. The molecule has 2 amide bonds. The second-order valence-corrected chi connectivity index (χ2v) is 4.96. The Bertz CT molecular complexity index is 533. The SMILES string of the molecule is C#CCNC(=O)C1CC(=O)N(C(C)c2ccccc2)C1. The molecule has 0 aromatic heterocycles. The van der Waals surface area contributed by atoms with Crippen LogP contribution in [0.5, 0.6) is 0 Å². The Labute approximate surface area is 119 Å². The highest BCUT2D eigenvalue weighted by molar-refractivity contribution is 5.89. The molecule has 0 spiro atoms. The average molecular weight is 270 g/mol. The van der Waals surface area contributed by atoms with Gasteiger partial charge >= 0.3 is 0 Å². The lowest BCUT2D eigenvalue weighted by Gasteiger charge is -2.25. The van der Waals surface area contributed by atoms with Crippen LogP contribution in [-0.4, -0.2) is 29.8 Å². The van der Waals surface area contributed by atoms with E-state index in [4.69, 9.17) is 6.42 Å². The van der Waals surface area contributed by atoms with Gasteiger partial charge in [0.05, 0.1) is 18.5 Å². The van der Waals surface area contributed by atoms with E-state index in [0.29, 0.717) is 6.54 Å². The number of terminal acetylenes is 1. The minimum atomic E-state index is -0.304. The summed E-state index contributed by atoms with van der Waals surface area (Å²) in [5.74, 6) is 1.94. The number of carbonyl (C=O) groups is 2. The molecule has 2 rings (SSSR count). The van der Waals surface area contributed by atoms with Gasteiger partial charge in [0.25, 0.3) is 0 Å². The first-order valence-corrected chi connectivity index (χ1v) is 6.69. The lowest BCUT2D eigenvalue weighted by molar-refractivity contribution is -0.130. The van der Waals surface area contributed by atoms with Gasteiger partial charge in [-0.05, 0) is 12.5 Å². The van der Waals surface area contributed by atoms with Crippen molar-refractivity contribution >= 4 is 11.8 Å². The number of hydrogen-bond donors (Lipinski definition) is 1. The average Bonchev–Trinajstić information content (AvgIpc) is 2.87. The van der Waals surface area contributed by atoms with E-state index in [1.165, 1.54) is 0 Å². The second-order valence-electron chi connectivity index (χ2n) is 4.96. The van der Waals surface area contributed by atoms with E-state index in [-0.39, 0.29) is 36.7 Å². The standard InChI is InChI=1S/C16H18N2O2/c1-3-9-17-16(20)14-10-15(19)18(11-14)12(2)13-7-5-4-6-8-13/h1,4-8,12,14H,9-11H2,2H3,(H,17,20). The molecule has 0 radical (unpaired) electrons. The first-order chi connectivity index (χ1) is 9.63. The Morgan fingerprint density at radius 1 is 1.50 bits per heavy atom. The molecule has 4 heteroatoms. The highest BCUT2D eigenvalue weighted by Gasteiger charge is 2.36. The van der Waals surface area contributed by atoms with Crippen molar-refractivity contribution < 1.29 is 9.59 Å². The van der Waals surface area contributed by atoms with Crippen LogP contribution < -0.4 is 5.32 Å². The second kappa shape index (κ2) is 6.25. The van der Waals surface area contributed by atoms with Gasteiger partial charge in [-0.15, -0.1) is 6.42 Å². The molecule has 1 N–H and O–H groups in total. The van der Waals surface area contributed by atoms with Gasteiger partial charge < -0.3 is 10.2 Å². The van der Waals surface area contributed by atoms with Gasteiger partial charge in [0.1, 0.15) is 0 Å². The van der Waals surface area contributed by atoms with Crippen LogP contribution in [0.3, 0.4) is 0 Å². The molecule has 1 fully saturated rings. The van der Waals surface area contributed by atoms with Crippen LogP contribution in [0.25, 0.3) is 0 Å². The van der Waals surface area contributed by atoms with Crippen LogP contribution in [0, 0.1) is 18.3 Å². The quantitative estimate of drug-likeness (QED) is 0.840. The number of nitrogens with one attached hydrogen (secondary N) is 1. The molecule has 1 saturated heterocycles. The third-order valence-corrected chi connectivity index (χ3v) is 3.64. The maximum absolute atomic E-state index is 12.1. The van der Waals surface area contributed by atoms with Crippen molar-refractivity contribution in [1.82, 2.24) is 10.2 Å². The Balaban J connectivity index is 2.03. The van der Waals surface area contributed by atoms with E-state index < -0.39 is 0 Å². The predicted octanol–water partition coefficient (Wildman–Crippen LogP) is 1.35. The molecule has 1 aliphatic rings. The summed E-state index contributed by atoms with van der Waals surface area (Å²) in [6, 6.07) is 9.80. The van der Waals surface area contributed by atoms with Gasteiger partial charge in [-0.1, -0.05) is 36.3 Å².